The van der Waals surface area contributed by atoms with Crippen LogP contribution in [0.1, 0.15) is 19.8 Å². The SMILES string of the molecule is CCCC(C(O)S(=O)(=O)O)N(C)C. The molecule has 0 spiro atoms. The number of rotatable bonds is 5. The zero-order valence-electron chi connectivity index (χ0n) is 8.14. The Morgan fingerprint density at radius 2 is 1.85 bits per heavy atom. The van der Waals surface area contributed by atoms with Crippen LogP contribution in [-0.2, 0) is 10.1 Å². The molecular formula is C7H17NO4S. The highest BCUT2D eigenvalue weighted by Gasteiger charge is 2.30. The lowest BCUT2D eigenvalue weighted by Gasteiger charge is -2.26. The first kappa shape index (κ1) is 12.8. The third-order valence-electron chi connectivity index (χ3n) is 1.88. The normalized spacial score (nSPS) is 17.4. The molecule has 0 heterocycles. The summed E-state index contributed by atoms with van der Waals surface area (Å²) in [7, 11) is -1.03. The molecule has 5 nitrogen and oxygen atoms in total. The summed E-state index contributed by atoms with van der Waals surface area (Å²) in [5, 5.41) is 9.27. The number of hydrogen-bond acceptors (Lipinski definition) is 4. The second-order valence-corrected chi connectivity index (χ2v) is 4.74. The van der Waals surface area contributed by atoms with Crippen molar-refractivity contribution in [2.24, 2.45) is 0 Å². The Morgan fingerprint density at radius 1 is 1.38 bits per heavy atom. The number of nitrogens with zero attached hydrogens (tertiary/aromatic N) is 1. The summed E-state index contributed by atoms with van der Waals surface area (Å²) < 4.78 is 29.9. The molecule has 13 heavy (non-hydrogen) atoms. The molecule has 0 radical (unpaired) electrons. The number of likely N-dealkylation sites (N-methyl/N-ethyl adjacent to an activating group) is 1. The summed E-state index contributed by atoms with van der Waals surface area (Å²) in [5.74, 6) is 0. The van der Waals surface area contributed by atoms with Crippen molar-refractivity contribution in [2.75, 3.05) is 14.1 Å². The van der Waals surface area contributed by atoms with Gasteiger partial charge >= 0.3 is 0 Å². The van der Waals surface area contributed by atoms with Gasteiger partial charge in [-0.05, 0) is 20.5 Å². The van der Waals surface area contributed by atoms with Crippen LogP contribution in [0.3, 0.4) is 0 Å². The Kier molecular flexibility index (Phi) is 4.83. The third kappa shape index (κ3) is 4.04. The van der Waals surface area contributed by atoms with Gasteiger partial charge in [-0.3, -0.25) is 4.55 Å². The van der Waals surface area contributed by atoms with Crippen molar-refractivity contribution in [3.05, 3.63) is 0 Å². The van der Waals surface area contributed by atoms with Crippen LogP contribution in [0.25, 0.3) is 0 Å². The lowest BCUT2D eigenvalue weighted by atomic mass is 10.1. The van der Waals surface area contributed by atoms with Gasteiger partial charge in [-0.25, -0.2) is 0 Å². The molecule has 0 aliphatic heterocycles. The van der Waals surface area contributed by atoms with Gasteiger partial charge in [0.25, 0.3) is 10.1 Å². The smallest absolute Gasteiger partial charge is 0.293 e. The van der Waals surface area contributed by atoms with Crippen molar-refractivity contribution in [1.29, 1.82) is 0 Å². The van der Waals surface area contributed by atoms with Crippen LogP contribution < -0.4 is 0 Å². The average Bonchev–Trinajstić information content (AvgIpc) is 1.96. The molecule has 0 aliphatic carbocycles. The fourth-order valence-electron chi connectivity index (χ4n) is 1.15. The summed E-state index contributed by atoms with van der Waals surface area (Å²) in [5.41, 5.74) is -1.72. The summed E-state index contributed by atoms with van der Waals surface area (Å²) in [6, 6.07) is -0.556. The second kappa shape index (κ2) is 4.90. The van der Waals surface area contributed by atoms with E-state index in [2.05, 4.69) is 0 Å². The van der Waals surface area contributed by atoms with Crippen molar-refractivity contribution in [3.8, 4) is 0 Å². The first-order valence-corrected chi connectivity index (χ1v) is 5.61. The van der Waals surface area contributed by atoms with Gasteiger partial charge in [0, 0.05) is 0 Å². The molecule has 0 aromatic heterocycles. The van der Waals surface area contributed by atoms with E-state index in [1.165, 1.54) is 0 Å². The van der Waals surface area contributed by atoms with Crippen molar-refractivity contribution in [1.82, 2.24) is 4.90 Å². The zero-order chi connectivity index (χ0) is 10.6. The Morgan fingerprint density at radius 3 is 2.08 bits per heavy atom. The molecule has 0 aromatic rings. The van der Waals surface area contributed by atoms with E-state index in [9.17, 15) is 13.5 Å². The van der Waals surface area contributed by atoms with E-state index >= 15 is 0 Å². The number of hydrogen-bond donors (Lipinski definition) is 2. The Labute approximate surface area is 79.1 Å². The minimum atomic E-state index is -4.36. The van der Waals surface area contributed by atoms with Crippen LogP contribution >= 0.6 is 0 Å². The summed E-state index contributed by atoms with van der Waals surface area (Å²) in [6.07, 6.45) is 1.27. The molecule has 0 amide bonds. The van der Waals surface area contributed by atoms with Crippen LogP contribution in [0.5, 0.6) is 0 Å². The number of aliphatic hydroxyl groups excluding tert-OH is 1. The predicted molar refractivity (Wildman–Crippen MR) is 49.9 cm³/mol. The highest BCUT2D eigenvalue weighted by molar-refractivity contribution is 7.86. The van der Waals surface area contributed by atoms with Crippen LogP contribution in [0.4, 0.5) is 0 Å². The number of aliphatic hydroxyl groups is 1. The molecule has 0 rings (SSSR count). The second-order valence-electron chi connectivity index (χ2n) is 3.23. The molecule has 0 fully saturated rings. The molecule has 2 N–H and O–H groups in total. The van der Waals surface area contributed by atoms with Gasteiger partial charge in [0.15, 0.2) is 5.44 Å². The van der Waals surface area contributed by atoms with Crippen molar-refractivity contribution in [3.63, 3.8) is 0 Å². The maximum Gasteiger partial charge on any atom is 0.293 e. The van der Waals surface area contributed by atoms with E-state index in [1.54, 1.807) is 19.0 Å². The van der Waals surface area contributed by atoms with Crippen LogP contribution in [0.2, 0.25) is 0 Å². The van der Waals surface area contributed by atoms with E-state index in [-0.39, 0.29) is 0 Å². The molecule has 2 unspecified atom stereocenters. The van der Waals surface area contributed by atoms with Crippen molar-refractivity contribution >= 4 is 10.1 Å². The van der Waals surface area contributed by atoms with Gasteiger partial charge in [0.05, 0.1) is 6.04 Å². The molecule has 6 heteroatoms. The van der Waals surface area contributed by atoms with Gasteiger partial charge in [0.1, 0.15) is 0 Å². The molecular weight excluding hydrogens is 194 g/mol. The third-order valence-corrected chi connectivity index (χ3v) is 2.81. The molecule has 2 atom stereocenters. The highest BCUT2D eigenvalue weighted by atomic mass is 32.2. The fraction of sp³-hybridized carbons (Fsp3) is 1.00. The first-order valence-electron chi connectivity index (χ1n) is 4.11. The van der Waals surface area contributed by atoms with E-state index < -0.39 is 21.6 Å². The molecule has 0 saturated heterocycles. The fourth-order valence-corrected chi connectivity index (χ4v) is 1.93. The van der Waals surface area contributed by atoms with Crippen molar-refractivity contribution < 1.29 is 18.1 Å². The standard InChI is InChI=1S/C7H17NO4S/c1-4-5-6(8(2)3)7(9)13(10,11)12/h6-7,9H,4-5H2,1-3H3,(H,10,11,12). The Balaban J connectivity index is 4.56. The Hall–Kier alpha value is -0.170. The minimum absolute atomic E-state index is 0.522. The molecule has 0 aliphatic rings. The van der Waals surface area contributed by atoms with Gasteiger partial charge < -0.3 is 10.0 Å². The summed E-state index contributed by atoms with van der Waals surface area (Å²) >= 11 is 0. The quantitative estimate of drug-likeness (QED) is 0.622. The van der Waals surface area contributed by atoms with E-state index in [0.717, 1.165) is 6.42 Å². The Bertz CT molecular complexity index is 237. The van der Waals surface area contributed by atoms with Gasteiger partial charge in [-0.2, -0.15) is 8.42 Å². The van der Waals surface area contributed by atoms with E-state index in [1.807, 2.05) is 6.92 Å². The average molecular weight is 211 g/mol. The highest BCUT2D eigenvalue weighted by Crippen LogP contribution is 2.12. The molecule has 0 bridgehead atoms. The maximum atomic E-state index is 10.6. The predicted octanol–water partition coefficient (Wildman–Crippen LogP) is -0.0771. The van der Waals surface area contributed by atoms with Crippen LogP contribution in [0.15, 0.2) is 0 Å². The van der Waals surface area contributed by atoms with E-state index in [4.69, 9.17) is 4.55 Å². The minimum Gasteiger partial charge on any atom is -0.374 e. The summed E-state index contributed by atoms with van der Waals surface area (Å²) in [6.45, 7) is 1.88. The van der Waals surface area contributed by atoms with Crippen LogP contribution in [0, 0.1) is 0 Å². The lowest BCUT2D eigenvalue weighted by Crippen LogP contribution is -2.43. The molecule has 0 saturated carbocycles. The topological polar surface area (TPSA) is 77.8 Å². The largest absolute Gasteiger partial charge is 0.374 e. The summed E-state index contributed by atoms with van der Waals surface area (Å²) in [4.78, 5) is 1.59. The zero-order valence-corrected chi connectivity index (χ0v) is 8.95. The van der Waals surface area contributed by atoms with E-state index in [0.29, 0.717) is 6.42 Å². The van der Waals surface area contributed by atoms with Gasteiger partial charge in [-0.1, -0.05) is 13.3 Å². The monoisotopic (exact) mass is 211 g/mol. The maximum absolute atomic E-state index is 10.6. The molecule has 0 aromatic carbocycles. The van der Waals surface area contributed by atoms with Gasteiger partial charge in [-0.15, -0.1) is 0 Å². The molecule has 80 valence electrons. The first-order chi connectivity index (χ1) is 5.80. The lowest BCUT2D eigenvalue weighted by molar-refractivity contribution is 0.119. The van der Waals surface area contributed by atoms with Gasteiger partial charge in [0.2, 0.25) is 0 Å². The van der Waals surface area contributed by atoms with Crippen molar-refractivity contribution in [2.45, 2.75) is 31.2 Å². The van der Waals surface area contributed by atoms with Crippen LogP contribution in [-0.4, -0.2) is 48.6 Å².